The van der Waals surface area contributed by atoms with E-state index in [1.165, 1.54) is 45.2 Å². The Morgan fingerprint density at radius 1 is 0.325 bits per heavy atom. The summed E-state index contributed by atoms with van der Waals surface area (Å²) < 4.78 is 25.3. The third-order valence-corrected chi connectivity index (χ3v) is 13.9. The first-order valence-corrected chi connectivity index (χ1v) is 35.7. The van der Waals surface area contributed by atoms with Crippen molar-refractivity contribution in [2.75, 3.05) is 155 Å². The molecule has 0 aliphatic carbocycles. The van der Waals surface area contributed by atoms with Crippen LogP contribution >= 0.6 is 63.7 Å². The van der Waals surface area contributed by atoms with Crippen molar-refractivity contribution in [3.8, 4) is 0 Å². The molecule has 16 heteroatoms. The molecule has 0 radical (unpaired) electrons. The smallest absolute Gasteiger partial charge is 0.338 e. The van der Waals surface area contributed by atoms with Crippen LogP contribution in [0.5, 0.6) is 0 Å². The monoisotopic (exact) mass is 1420 g/mol. The van der Waals surface area contributed by atoms with Gasteiger partial charge in [0.05, 0.1) is 102 Å². The lowest BCUT2D eigenvalue weighted by Gasteiger charge is -2.37. The van der Waals surface area contributed by atoms with Crippen LogP contribution in [0.1, 0.15) is 143 Å². The topological polar surface area (TPSA) is 105 Å². The van der Waals surface area contributed by atoms with Crippen molar-refractivity contribution >= 4 is 87.6 Å². The average molecular weight is 1420 g/mol. The van der Waals surface area contributed by atoms with E-state index in [2.05, 4.69) is 147 Å². The SMILES string of the molecule is CBr.CBr.CBr.CCBr.CCCC[N+](CC)(CCC)CCOC(=O)c1ccccc1.CCC[N+](CC)(CCC)CCOC(=O)c1ccccc1.CC[N+](CC)(CC)CCOC(=O)c1ccccc1.C[N+](C)(C)CCOC(=O)c1ccccc1. The summed E-state index contributed by atoms with van der Waals surface area (Å²) in [6.07, 6.45) is 5.96. The fourth-order valence-electron chi connectivity index (χ4n) is 8.72. The Labute approximate surface area is 540 Å². The van der Waals surface area contributed by atoms with Gasteiger partial charge < -0.3 is 36.9 Å². The van der Waals surface area contributed by atoms with Crippen LogP contribution in [0.4, 0.5) is 0 Å². The summed E-state index contributed by atoms with van der Waals surface area (Å²) in [4.78, 5) is 47.1. The van der Waals surface area contributed by atoms with Gasteiger partial charge in [-0.1, -0.05) is 178 Å². The molecule has 4 aromatic rings. The van der Waals surface area contributed by atoms with Gasteiger partial charge in [-0.15, -0.1) is 0 Å². The Bertz CT molecular complexity index is 2090. The Hall–Kier alpha value is -3.48. The molecule has 0 amide bonds. The van der Waals surface area contributed by atoms with Gasteiger partial charge in [0.2, 0.25) is 0 Å². The highest BCUT2D eigenvalue weighted by Crippen LogP contribution is 2.14. The van der Waals surface area contributed by atoms with Crippen LogP contribution in [0.2, 0.25) is 0 Å². The van der Waals surface area contributed by atoms with E-state index in [0.717, 1.165) is 95.3 Å². The number of benzene rings is 4. The Kier molecular flexibility index (Phi) is 58.3. The molecular weight excluding hydrogens is 1310 g/mol. The van der Waals surface area contributed by atoms with Crippen molar-refractivity contribution < 1.29 is 56.1 Å². The maximum Gasteiger partial charge on any atom is 0.338 e. The molecule has 4 rings (SSSR count). The van der Waals surface area contributed by atoms with Crippen LogP contribution in [-0.2, 0) is 18.9 Å². The van der Waals surface area contributed by atoms with Crippen molar-refractivity contribution in [2.24, 2.45) is 0 Å². The fourth-order valence-corrected chi connectivity index (χ4v) is 8.72. The largest absolute Gasteiger partial charge is 0.456 e. The van der Waals surface area contributed by atoms with Crippen molar-refractivity contribution in [1.29, 1.82) is 0 Å². The lowest BCUT2D eigenvalue weighted by atomic mass is 10.2. The van der Waals surface area contributed by atoms with Gasteiger partial charge in [-0.3, -0.25) is 0 Å². The number of halogens is 4. The van der Waals surface area contributed by atoms with Crippen molar-refractivity contribution in [1.82, 2.24) is 0 Å². The predicted octanol–water partition coefficient (Wildman–Crippen LogP) is 16.1. The number of quaternary nitrogens is 4. The number of ether oxygens (including phenoxy) is 4. The van der Waals surface area contributed by atoms with Crippen LogP contribution in [0.3, 0.4) is 0 Å². The lowest BCUT2D eigenvalue weighted by molar-refractivity contribution is -0.926. The Morgan fingerprint density at radius 2 is 0.542 bits per heavy atom. The molecule has 0 spiro atoms. The normalized spacial score (nSPS) is 11.1. The molecule has 0 fully saturated rings. The highest BCUT2D eigenvalue weighted by molar-refractivity contribution is 9.09. The van der Waals surface area contributed by atoms with Crippen molar-refractivity contribution in [2.45, 2.75) is 101 Å². The van der Waals surface area contributed by atoms with Gasteiger partial charge in [0, 0.05) is 5.33 Å². The number of carbonyl (C=O) groups is 4. The predicted molar refractivity (Wildman–Crippen MR) is 367 cm³/mol. The molecule has 0 N–H and O–H groups in total. The molecule has 4 aromatic carbocycles. The number of likely N-dealkylation sites (N-methyl/N-ethyl adjacent to an activating group) is 4. The minimum absolute atomic E-state index is 0.211. The van der Waals surface area contributed by atoms with Gasteiger partial charge in [-0.2, -0.15) is 0 Å². The van der Waals surface area contributed by atoms with E-state index >= 15 is 0 Å². The second-order valence-corrected chi connectivity index (χ2v) is 21.4. The van der Waals surface area contributed by atoms with Gasteiger partial charge in [0.1, 0.15) is 52.6 Å². The minimum atomic E-state index is -0.246. The zero-order chi connectivity index (χ0) is 63.9. The molecular formula is C67H114Br4N4O8+4. The van der Waals surface area contributed by atoms with Gasteiger partial charge in [-0.25, -0.2) is 19.2 Å². The number of unbranched alkanes of at least 4 members (excludes halogenated alkanes) is 1. The van der Waals surface area contributed by atoms with E-state index in [-0.39, 0.29) is 23.9 Å². The highest BCUT2D eigenvalue weighted by atomic mass is 79.9. The summed E-state index contributed by atoms with van der Waals surface area (Å²) in [5.41, 5.74) is 2.50. The molecule has 83 heavy (non-hydrogen) atoms. The summed E-state index contributed by atoms with van der Waals surface area (Å²) in [6, 6.07) is 36.6. The summed E-state index contributed by atoms with van der Waals surface area (Å²) in [7, 11) is 6.20. The van der Waals surface area contributed by atoms with Crippen LogP contribution in [-0.4, -0.2) is 197 Å². The molecule has 1 atom stereocenters. The van der Waals surface area contributed by atoms with E-state index in [0.29, 0.717) is 48.7 Å². The summed E-state index contributed by atoms with van der Waals surface area (Å²) in [5, 5.41) is 1.06. The maximum atomic E-state index is 12.0. The number of nitrogens with zero attached hydrogens (tertiary/aromatic N) is 4. The number of alkyl halides is 4. The second kappa shape index (κ2) is 56.3. The molecule has 474 valence electrons. The van der Waals surface area contributed by atoms with E-state index < -0.39 is 0 Å². The number of rotatable bonds is 30. The zero-order valence-corrected chi connectivity index (χ0v) is 60.7. The van der Waals surface area contributed by atoms with Crippen LogP contribution in [0, 0.1) is 0 Å². The third-order valence-electron chi connectivity index (χ3n) is 13.9. The molecule has 12 nitrogen and oxygen atoms in total. The molecule has 0 saturated carbocycles. The summed E-state index contributed by atoms with van der Waals surface area (Å²) >= 11 is 12.0. The first kappa shape index (κ1) is 86.0. The molecule has 0 aliphatic heterocycles. The summed E-state index contributed by atoms with van der Waals surface area (Å²) in [6.45, 7) is 37.6. The molecule has 0 bridgehead atoms. The number of esters is 4. The summed E-state index contributed by atoms with van der Waals surface area (Å²) in [5.74, 6) is 4.54. The Morgan fingerprint density at radius 3 is 0.747 bits per heavy atom. The average Bonchev–Trinajstić information content (AvgIpc) is 3.52. The van der Waals surface area contributed by atoms with E-state index in [1.54, 1.807) is 48.5 Å². The van der Waals surface area contributed by atoms with Crippen LogP contribution in [0.25, 0.3) is 0 Å². The lowest BCUT2D eigenvalue weighted by Crippen LogP contribution is -2.51. The van der Waals surface area contributed by atoms with E-state index in [4.69, 9.17) is 18.9 Å². The Balaban J connectivity index is -0.000000480. The highest BCUT2D eigenvalue weighted by Gasteiger charge is 2.26. The van der Waals surface area contributed by atoms with Crippen molar-refractivity contribution in [3.05, 3.63) is 144 Å². The molecule has 0 aliphatic rings. The van der Waals surface area contributed by atoms with Gasteiger partial charge in [0.15, 0.2) is 0 Å². The van der Waals surface area contributed by atoms with E-state index in [1.807, 2.05) is 97.2 Å². The number of hydrogen-bond donors (Lipinski definition) is 0. The van der Waals surface area contributed by atoms with Crippen LogP contribution < -0.4 is 0 Å². The molecule has 0 heterocycles. The van der Waals surface area contributed by atoms with E-state index in [9.17, 15) is 19.2 Å². The quantitative estimate of drug-likeness (QED) is 0.0220. The minimum Gasteiger partial charge on any atom is -0.456 e. The standard InChI is InChI=1S/C18H30NO2.C17H28NO2.C15H24NO2.C12H18NO2.C2H5Br.3CH3Br/c1-4-7-14-19(6-3,13-5-2)15-16-21-18(20)17-11-9-8-10-12-17;1-4-12-18(6-3,13-5-2)14-15-20-17(19)16-10-8-7-9-11-16;1-4-16(5-2,6-3)12-13-18-15(17)14-10-8-7-9-11-14;1-13(2,3)9-10-15-12(14)11-7-5-4-6-8-11;1-2-3;3*1-2/h8-12H,4-7,13-16H2,1-3H3;7-11H,4-6,12-15H2,1-3H3;7-11H,4-6,12-13H2,1-3H3;4-8H,9-10H2,1-3H3;2H2,1H3;3*1H3/q4*+1;;;;. The van der Waals surface area contributed by atoms with Crippen LogP contribution in [0.15, 0.2) is 121 Å². The zero-order valence-electron chi connectivity index (χ0n) is 54.4. The first-order valence-electron chi connectivity index (χ1n) is 29.9. The third kappa shape index (κ3) is 42.1. The van der Waals surface area contributed by atoms with Gasteiger partial charge in [-0.05, 0) is 126 Å². The maximum absolute atomic E-state index is 12.0. The number of carbonyl (C=O) groups excluding carboxylic acids is 4. The van der Waals surface area contributed by atoms with Gasteiger partial charge in [0.25, 0.3) is 0 Å². The first-order chi connectivity index (χ1) is 39.9. The molecule has 1 unspecified atom stereocenters. The fraction of sp³-hybridized carbons (Fsp3) is 0.582. The molecule has 0 aromatic heterocycles. The second-order valence-electron chi connectivity index (χ2n) is 20.3. The number of hydrogen-bond acceptors (Lipinski definition) is 8. The molecule has 0 saturated heterocycles. The van der Waals surface area contributed by atoms with Crippen molar-refractivity contribution in [3.63, 3.8) is 0 Å². The van der Waals surface area contributed by atoms with Gasteiger partial charge >= 0.3 is 23.9 Å².